The molecular formula is C20H19ClN4O2S. The molecule has 3 aromatic rings. The van der Waals surface area contributed by atoms with Crippen molar-refractivity contribution in [3.05, 3.63) is 76.9 Å². The average Bonchev–Trinajstić information content (AvgIpc) is 3.11. The number of carbonyl (C=O) groups excluding carboxylic acids is 1. The Kier molecular flexibility index (Phi) is 6.62. The van der Waals surface area contributed by atoms with E-state index in [9.17, 15) is 4.79 Å². The van der Waals surface area contributed by atoms with Crippen molar-refractivity contribution in [3.8, 4) is 0 Å². The lowest BCUT2D eigenvalue weighted by Crippen LogP contribution is -2.19. The largest absolute Gasteiger partial charge is 0.462 e. The number of esters is 1. The Morgan fingerprint density at radius 1 is 1.14 bits per heavy atom. The van der Waals surface area contributed by atoms with Gasteiger partial charge in [-0.1, -0.05) is 29.8 Å². The number of carbonyl (C=O) groups is 1. The molecule has 0 bridgehead atoms. The van der Waals surface area contributed by atoms with Gasteiger partial charge in [0.25, 0.3) is 0 Å². The Hall–Kier alpha value is -2.90. The third-order valence-corrected chi connectivity index (χ3v) is 4.40. The molecule has 0 atom stereocenters. The van der Waals surface area contributed by atoms with Crippen LogP contribution < -0.4 is 10.6 Å². The molecule has 0 saturated heterocycles. The number of benzene rings is 2. The highest BCUT2D eigenvalue weighted by molar-refractivity contribution is 7.80. The molecule has 2 aromatic carbocycles. The van der Waals surface area contributed by atoms with Gasteiger partial charge in [0.2, 0.25) is 0 Å². The van der Waals surface area contributed by atoms with Crippen LogP contribution in [0.3, 0.4) is 0 Å². The molecule has 1 aromatic heterocycles. The maximum absolute atomic E-state index is 11.7. The Morgan fingerprint density at radius 2 is 1.89 bits per heavy atom. The van der Waals surface area contributed by atoms with E-state index in [4.69, 9.17) is 28.6 Å². The highest BCUT2D eigenvalue weighted by Crippen LogP contribution is 2.17. The molecule has 6 nitrogen and oxygen atoms in total. The first-order chi connectivity index (χ1) is 13.5. The third kappa shape index (κ3) is 5.31. The summed E-state index contributed by atoms with van der Waals surface area (Å²) in [4.78, 5) is 11.7. The minimum atomic E-state index is -0.348. The van der Waals surface area contributed by atoms with Gasteiger partial charge in [-0.3, -0.25) is 4.68 Å². The van der Waals surface area contributed by atoms with Crippen LogP contribution in [0.4, 0.5) is 11.5 Å². The van der Waals surface area contributed by atoms with Gasteiger partial charge in [-0.15, -0.1) is 0 Å². The van der Waals surface area contributed by atoms with Crippen molar-refractivity contribution in [1.82, 2.24) is 9.78 Å². The number of hydrogen-bond donors (Lipinski definition) is 2. The van der Waals surface area contributed by atoms with Crippen molar-refractivity contribution in [2.75, 3.05) is 17.2 Å². The predicted molar refractivity (Wildman–Crippen MR) is 115 cm³/mol. The number of halogens is 1. The van der Waals surface area contributed by atoms with Crippen molar-refractivity contribution < 1.29 is 9.53 Å². The first-order valence-corrected chi connectivity index (χ1v) is 9.46. The van der Waals surface area contributed by atoms with Gasteiger partial charge in [-0.25, -0.2) is 4.79 Å². The van der Waals surface area contributed by atoms with Gasteiger partial charge in [0.05, 0.1) is 18.7 Å². The summed E-state index contributed by atoms with van der Waals surface area (Å²) < 4.78 is 6.74. The van der Waals surface area contributed by atoms with Crippen molar-refractivity contribution in [3.63, 3.8) is 0 Å². The lowest BCUT2D eigenvalue weighted by Gasteiger charge is -2.09. The van der Waals surface area contributed by atoms with E-state index in [2.05, 4.69) is 15.7 Å². The Bertz CT molecular complexity index is 972. The smallest absolute Gasteiger partial charge is 0.338 e. The fraction of sp³-hybridized carbons (Fsp3) is 0.150. The molecule has 0 radical (unpaired) electrons. The summed E-state index contributed by atoms with van der Waals surface area (Å²) in [5.74, 6) is 0.270. The topological polar surface area (TPSA) is 68.2 Å². The molecule has 1 heterocycles. The molecule has 3 rings (SSSR count). The van der Waals surface area contributed by atoms with Gasteiger partial charge in [-0.2, -0.15) is 5.10 Å². The zero-order chi connectivity index (χ0) is 19.9. The molecule has 0 aliphatic heterocycles. The highest BCUT2D eigenvalue weighted by atomic mass is 35.5. The van der Waals surface area contributed by atoms with Gasteiger partial charge in [-0.05, 0) is 55.0 Å². The number of nitrogens with zero attached hydrogens (tertiary/aromatic N) is 2. The predicted octanol–water partition coefficient (Wildman–Crippen LogP) is 4.57. The molecule has 0 unspecified atom stereocenters. The maximum atomic E-state index is 11.7. The summed E-state index contributed by atoms with van der Waals surface area (Å²) >= 11 is 11.5. The summed E-state index contributed by atoms with van der Waals surface area (Å²) in [5, 5.41) is 11.6. The van der Waals surface area contributed by atoms with E-state index in [0.717, 1.165) is 11.3 Å². The highest BCUT2D eigenvalue weighted by Gasteiger charge is 2.07. The number of ether oxygens (including phenoxy) is 1. The van der Waals surface area contributed by atoms with E-state index in [1.807, 2.05) is 36.5 Å². The number of anilines is 2. The SMILES string of the molecule is CCOC(=O)c1ccc(NC(=S)Nc2ccn(Cc3ccccc3Cl)n2)cc1. The van der Waals surface area contributed by atoms with Gasteiger partial charge in [0, 0.05) is 23.0 Å². The van der Waals surface area contributed by atoms with Gasteiger partial charge >= 0.3 is 5.97 Å². The van der Waals surface area contributed by atoms with Crippen LogP contribution in [0.25, 0.3) is 0 Å². The van der Waals surface area contributed by atoms with Crippen molar-refractivity contribution in [1.29, 1.82) is 0 Å². The average molecular weight is 415 g/mol. The van der Waals surface area contributed by atoms with Gasteiger partial charge < -0.3 is 15.4 Å². The normalized spacial score (nSPS) is 10.4. The minimum absolute atomic E-state index is 0.343. The van der Waals surface area contributed by atoms with Crippen LogP contribution >= 0.6 is 23.8 Å². The van der Waals surface area contributed by atoms with E-state index in [0.29, 0.717) is 34.7 Å². The zero-order valence-corrected chi connectivity index (χ0v) is 16.8. The van der Waals surface area contributed by atoms with Crippen LogP contribution in [0.15, 0.2) is 60.8 Å². The van der Waals surface area contributed by atoms with Crippen molar-refractivity contribution >= 4 is 46.4 Å². The van der Waals surface area contributed by atoms with Crippen LogP contribution in [-0.2, 0) is 11.3 Å². The molecule has 0 fully saturated rings. The Balaban J connectivity index is 1.56. The summed E-state index contributed by atoms with van der Waals surface area (Å²) in [7, 11) is 0. The summed E-state index contributed by atoms with van der Waals surface area (Å²) in [6.45, 7) is 2.68. The van der Waals surface area contributed by atoms with E-state index in [1.165, 1.54) is 0 Å². The third-order valence-electron chi connectivity index (χ3n) is 3.83. The second-order valence-electron chi connectivity index (χ2n) is 5.87. The second-order valence-corrected chi connectivity index (χ2v) is 6.68. The van der Waals surface area contributed by atoms with E-state index < -0.39 is 0 Å². The van der Waals surface area contributed by atoms with Crippen LogP contribution in [0, 0.1) is 0 Å². The molecule has 0 saturated carbocycles. The standard InChI is InChI=1S/C20H19ClN4O2S/c1-2-27-19(26)14-7-9-16(10-8-14)22-20(28)23-18-11-12-25(24-18)13-15-5-3-4-6-17(15)21/h3-12H,2,13H2,1H3,(H2,22,23,24,28). The summed E-state index contributed by atoms with van der Waals surface area (Å²) in [6, 6.07) is 16.4. The molecule has 8 heteroatoms. The first kappa shape index (κ1) is 19.9. The second kappa shape index (κ2) is 9.34. The van der Waals surface area contributed by atoms with E-state index in [-0.39, 0.29) is 5.97 Å². The number of rotatable bonds is 6. The lowest BCUT2D eigenvalue weighted by molar-refractivity contribution is 0.0526. The van der Waals surface area contributed by atoms with Crippen LogP contribution in [0.5, 0.6) is 0 Å². The number of aromatic nitrogens is 2. The monoisotopic (exact) mass is 414 g/mol. The number of hydrogen-bond acceptors (Lipinski definition) is 4. The summed E-state index contributed by atoms with van der Waals surface area (Å²) in [5.41, 5.74) is 2.23. The summed E-state index contributed by atoms with van der Waals surface area (Å²) in [6.07, 6.45) is 1.85. The minimum Gasteiger partial charge on any atom is -0.462 e. The Labute approximate surface area is 173 Å². The molecular weight excluding hydrogens is 396 g/mol. The number of nitrogens with one attached hydrogen (secondary N) is 2. The molecule has 0 aliphatic carbocycles. The fourth-order valence-corrected chi connectivity index (χ4v) is 2.92. The molecule has 144 valence electrons. The molecule has 2 N–H and O–H groups in total. The van der Waals surface area contributed by atoms with Gasteiger partial charge in [0.1, 0.15) is 0 Å². The molecule has 0 amide bonds. The maximum Gasteiger partial charge on any atom is 0.338 e. The fourth-order valence-electron chi connectivity index (χ4n) is 2.50. The van der Waals surface area contributed by atoms with Crippen LogP contribution in [0.2, 0.25) is 5.02 Å². The zero-order valence-electron chi connectivity index (χ0n) is 15.2. The molecule has 28 heavy (non-hydrogen) atoms. The van der Waals surface area contributed by atoms with Crippen LogP contribution in [-0.4, -0.2) is 27.5 Å². The van der Waals surface area contributed by atoms with Crippen LogP contribution in [0.1, 0.15) is 22.8 Å². The quantitative estimate of drug-likeness (QED) is 0.455. The van der Waals surface area contributed by atoms with Crippen molar-refractivity contribution in [2.24, 2.45) is 0 Å². The first-order valence-electron chi connectivity index (χ1n) is 8.67. The Morgan fingerprint density at radius 3 is 2.61 bits per heavy atom. The lowest BCUT2D eigenvalue weighted by atomic mass is 10.2. The van der Waals surface area contributed by atoms with E-state index >= 15 is 0 Å². The van der Waals surface area contributed by atoms with E-state index in [1.54, 1.807) is 35.9 Å². The molecule has 0 spiro atoms. The van der Waals surface area contributed by atoms with Crippen molar-refractivity contribution in [2.45, 2.75) is 13.5 Å². The van der Waals surface area contributed by atoms with Gasteiger partial charge in [0.15, 0.2) is 10.9 Å². The molecule has 0 aliphatic rings. The number of thiocarbonyl (C=S) groups is 1.